The third kappa shape index (κ3) is 5.87. The van der Waals surface area contributed by atoms with Crippen molar-refractivity contribution in [1.82, 2.24) is 5.32 Å². The number of nitrogens with one attached hydrogen (secondary N) is 1. The first kappa shape index (κ1) is 12.6. The number of hydrogen-bond donors (Lipinski definition) is 2. The predicted octanol–water partition coefficient (Wildman–Crippen LogP) is 1.87. The van der Waals surface area contributed by atoms with Crippen LogP contribution in [0.25, 0.3) is 0 Å². The summed E-state index contributed by atoms with van der Waals surface area (Å²) in [6, 6.07) is 3.84. The normalized spacial score (nSPS) is 12.9. The third-order valence-corrected chi connectivity index (χ3v) is 3.05. The Labute approximate surface area is 95.2 Å². The molecule has 0 saturated heterocycles. The number of furan rings is 1. The van der Waals surface area contributed by atoms with Crippen LogP contribution in [0, 0.1) is 0 Å². The van der Waals surface area contributed by atoms with Crippen molar-refractivity contribution >= 4 is 11.8 Å². The van der Waals surface area contributed by atoms with Crippen molar-refractivity contribution in [2.45, 2.75) is 25.2 Å². The Morgan fingerprint density at radius 1 is 1.60 bits per heavy atom. The van der Waals surface area contributed by atoms with Gasteiger partial charge in [-0.2, -0.15) is 11.8 Å². The molecule has 0 aliphatic rings. The molecule has 0 radical (unpaired) electrons. The van der Waals surface area contributed by atoms with Gasteiger partial charge in [-0.25, -0.2) is 0 Å². The molecule has 1 unspecified atom stereocenters. The van der Waals surface area contributed by atoms with E-state index < -0.39 is 0 Å². The summed E-state index contributed by atoms with van der Waals surface area (Å²) in [5.41, 5.74) is 0. The molecule has 0 amide bonds. The average molecular weight is 229 g/mol. The van der Waals surface area contributed by atoms with E-state index in [-0.39, 0.29) is 6.10 Å². The Morgan fingerprint density at radius 3 is 3.13 bits per heavy atom. The minimum atomic E-state index is -0.267. The summed E-state index contributed by atoms with van der Waals surface area (Å²) in [5, 5.41) is 12.8. The summed E-state index contributed by atoms with van der Waals surface area (Å²) >= 11 is 1.69. The van der Waals surface area contributed by atoms with Crippen LogP contribution in [-0.4, -0.2) is 30.1 Å². The Morgan fingerprint density at radius 2 is 2.47 bits per heavy atom. The van der Waals surface area contributed by atoms with Crippen molar-refractivity contribution < 1.29 is 9.52 Å². The zero-order chi connectivity index (χ0) is 10.9. The summed E-state index contributed by atoms with van der Waals surface area (Å²) in [7, 11) is 0. The average Bonchev–Trinajstić information content (AvgIpc) is 2.71. The van der Waals surface area contributed by atoms with Gasteiger partial charge in [0, 0.05) is 12.3 Å². The van der Waals surface area contributed by atoms with Crippen LogP contribution in [0.15, 0.2) is 22.8 Å². The maximum atomic E-state index is 9.59. The molecule has 0 aliphatic heterocycles. The van der Waals surface area contributed by atoms with Crippen molar-refractivity contribution in [3.63, 3.8) is 0 Å². The lowest BCUT2D eigenvalue weighted by molar-refractivity contribution is 0.196. The molecule has 0 bridgehead atoms. The van der Waals surface area contributed by atoms with Gasteiger partial charge in [0.05, 0.1) is 18.1 Å². The monoisotopic (exact) mass is 229 g/mol. The van der Waals surface area contributed by atoms with Gasteiger partial charge in [0.1, 0.15) is 5.76 Å². The van der Waals surface area contributed by atoms with Crippen molar-refractivity contribution in [3.05, 3.63) is 24.2 Å². The lowest BCUT2D eigenvalue weighted by atomic mass is 10.4. The molecule has 0 aromatic carbocycles. The third-order valence-electron chi connectivity index (χ3n) is 1.94. The van der Waals surface area contributed by atoms with E-state index in [1.165, 1.54) is 0 Å². The number of aliphatic hydroxyl groups excluding tert-OH is 1. The van der Waals surface area contributed by atoms with Crippen LogP contribution in [-0.2, 0) is 5.75 Å². The SMILES string of the molecule is CCCNCC(O)CSCc1ccco1. The molecule has 0 saturated carbocycles. The molecule has 1 atom stereocenters. The van der Waals surface area contributed by atoms with Crippen molar-refractivity contribution in [1.29, 1.82) is 0 Å². The lowest BCUT2D eigenvalue weighted by Gasteiger charge is -2.10. The first-order chi connectivity index (χ1) is 7.33. The van der Waals surface area contributed by atoms with E-state index in [2.05, 4.69) is 12.2 Å². The fourth-order valence-electron chi connectivity index (χ4n) is 1.19. The summed E-state index contributed by atoms with van der Waals surface area (Å²) < 4.78 is 5.20. The van der Waals surface area contributed by atoms with E-state index in [1.807, 2.05) is 12.1 Å². The predicted molar refractivity (Wildman–Crippen MR) is 64.0 cm³/mol. The highest BCUT2D eigenvalue weighted by Gasteiger charge is 2.04. The van der Waals surface area contributed by atoms with Crippen LogP contribution in [0.1, 0.15) is 19.1 Å². The highest BCUT2D eigenvalue weighted by Crippen LogP contribution is 2.13. The molecule has 1 heterocycles. The first-order valence-corrected chi connectivity index (χ1v) is 6.47. The smallest absolute Gasteiger partial charge is 0.113 e. The second-order valence-electron chi connectivity index (χ2n) is 3.45. The van der Waals surface area contributed by atoms with Gasteiger partial charge in [0.2, 0.25) is 0 Å². The topological polar surface area (TPSA) is 45.4 Å². The molecule has 4 heteroatoms. The Hall–Kier alpha value is -0.450. The van der Waals surface area contributed by atoms with Crippen LogP contribution in [0.2, 0.25) is 0 Å². The van der Waals surface area contributed by atoms with Crippen LogP contribution in [0.3, 0.4) is 0 Å². The molecule has 0 aliphatic carbocycles. The van der Waals surface area contributed by atoms with Gasteiger partial charge in [0.25, 0.3) is 0 Å². The number of aliphatic hydroxyl groups is 1. The Balaban J connectivity index is 1.99. The summed E-state index contributed by atoms with van der Waals surface area (Å²) in [6.07, 6.45) is 2.51. The second-order valence-corrected chi connectivity index (χ2v) is 4.48. The van der Waals surface area contributed by atoms with Gasteiger partial charge in [-0.3, -0.25) is 0 Å². The van der Waals surface area contributed by atoms with Crippen LogP contribution in [0.4, 0.5) is 0 Å². The van der Waals surface area contributed by atoms with E-state index in [0.717, 1.165) is 30.2 Å². The quantitative estimate of drug-likeness (QED) is 0.668. The molecule has 15 heavy (non-hydrogen) atoms. The zero-order valence-corrected chi connectivity index (χ0v) is 9.93. The number of hydrogen-bond acceptors (Lipinski definition) is 4. The molecule has 0 spiro atoms. The van der Waals surface area contributed by atoms with E-state index in [9.17, 15) is 5.11 Å². The van der Waals surface area contributed by atoms with E-state index in [4.69, 9.17) is 4.42 Å². The minimum absolute atomic E-state index is 0.267. The van der Waals surface area contributed by atoms with E-state index >= 15 is 0 Å². The van der Waals surface area contributed by atoms with Gasteiger partial charge in [0.15, 0.2) is 0 Å². The van der Waals surface area contributed by atoms with Crippen LogP contribution in [0.5, 0.6) is 0 Å². The summed E-state index contributed by atoms with van der Waals surface area (Å²) in [5.74, 6) is 2.55. The standard InChI is InChI=1S/C11H19NO2S/c1-2-5-12-7-10(13)8-15-9-11-4-3-6-14-11/h3-4,6,10,12-13H,2,5,7-9H2,1H3. The molecular formula is C11H19NO2S. The lowest BCUT2D eigenvalue weighted by Crippen LogP contribution is -2.28. The van der Waals surface area contributed by atoms with Gasteiger partial charge >= 0.3 is 0 Å². The Bertz CT molecular complexity index is 239. The molecule has 2 N–H and O–H groups in total. The molecule has 86 valence electrons. The van der Waals surface area contributed by atoms with Crippen LogP contribution >= 0.6 is 11.8 Å². The largest absolute Gasteiger partial charge is 0.468 e. The maximum Gasteiger partial charge on any atom is 0.113 e. The molecule has 1 rings (SSSR count). The van der Waals surface area contributed by atoms with Crippen molar-refractivity contribution in [3.8, 4) is 0 Å². The molecule has 0 fully saturated rings. The molecule has 3 nitrogen and oxygen atoms in total. The van der Waals surface area contributed by atoms with Crippen LogP contribution < -0.4 is 5.32 Å². The highest BCUT2D eigenvalue weighted by molar-refractivity contribution is 7.98. The molecule has 1 aromatic rings. The fourth-order valence-corrected chi connectivity index (χ4v) is 2.07. The van der Waals surface area contributed by atoms with Crippen molar-refractivity contribution in [2.75, 3.05) is 18.8 Å². The Kier molecular flexibility index (Phi) is 6.55. The minimum Gasteiger partial charge on any atom is -0.468 e. The van der Waals surface area contributed by atoms with E-state index in [0.29, 0.717) is 6.54 Å². The number of thioether (sulfide) groups is 1. The number of rotatable bonds is 8. The van der Waals surface area contributed by atoms with Gasteiger partial charge in [-0.1, -0.05) is 6.92 Å². The highest BCUT2D eigenvalue weighted by atomic mass is 32.2. The first-order valence-electron chi connectivity index (χ1n) is 5.31. The van der Waals surface area contributed by atoms with Gasteiger partial charge < -0.3 is 14.8 Å². The van der Waals surface area contributed by atoms with Crippen molar-refractivity contribution in [2.24, 2.45) is 0 Å². The fraction of sp³-hybridized carbons (Fsp3) is 0.636. The van der Waals surface area contributed by atoms with Gasteiger partial charge in [-0.15, -0.1) is 0 Å². The summed E-state index contributed by atoms with van der Waals surface area (Å²) in [4.78, 5) is 0. The molecular weight excluding hydrogens is 210 g/mol. The second kappa shape index (κ2) is 7.79. The molecule has 1 aromatic heterocycles. The zero-order valence-electron chi connectivity index (χ0n) is 9.11. The summed E-state index contributed by atoms with van der Waals surface area (Å²) in [6.45, 7) is 3.77. The maximum absolute atomic E-state index is 9.59. The van der Waals surface area contributed by atoms with Gasteiger partial charge in [-0.05, 0) is 25.1 Å². The van der Waals surface area contributed by atoms with E-state index in [1.54, 1.807) is 18.0 Å².